The van der Waals surface area contributed by atoms with Gasteiger partial charge in [-0.2, -0.15) is 5.10 Å². The van der Waals surface area contributed by atoms with Gasteiger partial charge in [0.05, 0.1) is 24.1 Å². The van der Waals surface area contributed by atoms with Crippen molar-refractivity contribution in [2.75, 3.05) is 5.32 Å². The fraction of sp³-hybridized carbons (Fsp3) is 0.400. The van der Waals surface area contributed by atoms with Crippen LogP contribution in [0, 0.1) is 6.92 Å². The van der Waals surface area contributed by atoms with Crippen molar-refractivity contribution in [1.82, 2.24) is 19.3 Å². The van der Waals surface area contributed by atoms with Crippen LogP contribution in [0.4, 0.5) is 5.69 Å². The number of hydrogen-bond donors (Lipinski definition) is 1. The van der Waals surface area contributed by atoms with E-state index in [2.05, 4.69) is 15.4 Å². The van der Waals surface area contributed by atoms with Gasteiger partial charge in [-0.15, -0.1) is 0 Å². The Kier molecular flexibility index (Phi) is 2.87. The van der Waals surface area contributed by atoms with Crippen molar-refractivity contribution in [1.29, 1.82) is 0 Å². The van der Waals surface area contributed by atoms with Gasteiger partial charge in [0.15, 0.2) is 0 Å². The first-order chi connectivity index (χ1) is 7.58. The zero-order chi connectivity index (χ0) is 11.7. The molecule has 2 aromatic rings. The smallest absolute Gasteiger partial charge is 0.128 e. The van der Waals surface area contributed by atoms with Crippen LogP contribution >= 0.6 is 11.6 Å². The second kappa shape index (κ2) is 4.17. The van der Waals surface area contributed by atoms with E-state index >= 15 is 0 Å². The summed E-state index contributed by atoms with van der Waals surface area (Å²) < 4.78 is 3.63. The number of nitrogens with zero attached hydrogens (tertiary/aromatic N) is 4. The van der Waals surface area contributed by atoms with Crippen LogP contribution in [-0.2, 0) is 20.6 Å². The molecule has 16 heavy (non-hydrogen) atoms. The van der Waals surface area contributed by atoms with Crippen LogP contribution in [0.5, 0.6) is 0 Å². The molecule has 0 atom stereocenters. The van der Waals surface area contributed by atoms with Gasteiger partial charge in [0, 0.05) is 20.3 Å². The summed E-state index contributed by atoms with van der Waals surface area (Å²) in [5.74, 6) is 0.897. The molecule has 0 saturated heterocycles. The fourth-order valence-corrected chi connectivity index (χ4v) is 1.68. The van der Waals surface area contributed by atoms with Crippen LogP contribution in [0.1, 0.15) is 11.5 Å². The van der Waals surface area contributed by atoms with Gasteiger partial charge in [0.2, 0.25) is 0 Å². The molecular formula is C10H14ClN5. The molecule has 0 aromatic carbocycles. The van der Waals surface area contributed by atoms with E-state index in [-0.39, 0.29) is 0 Å². The normalized spacial score (nSPS) is 10.8. The minimum absolute atomic E-state index is 0.635. The quantitative estimate of drug-likeness (QED) is 0.888. The number of rotatable bonds is 3. The van der Waals surface area contributed by atoms with Gasteiger partial charge in [-0.1, -0.05) is 11.6 Å². The molecule has 1 N–H and O–H groups in total. The lowest BCUT2D eigenvalue weighted by atomic mass is 10.4. The summed E-state index contributed by atoms with van der Waals surface area (Å²) in [6.45, 7) is 2.60. The van der Waals surface area contributed by atoms with E-state index in [1.807, 2.05) is 31.8 Å². The summed E-state index contributed by atoms with van der Waals surface area (Å²) in [6, 6.07) is 0. The fourth-order valence-electron chi connectivity index (χ4n) is 1.54. The molecule has 0 fully saturated rings. The molecule has 6 heteroatoms. The summed E-state index contributed by atoms with van der Waals surface area (Å²) >= 11 is 5.90. The number of hydrogen-bond acceptors (Lipinski definition) is 3. The van der Waals surface area contributed by atoms with E-state index in [9.17, 15) is 0 Å². The van der Waals surface area contributed by atoms with Crippen LogP contribution in [-0.4, -0.2) is 19.3 Å². The summed E-state index contributed by atoms with van der Waals surface area (Å²) in [5, 5.41) is 8.17. The van der Waals surface area contributed by atoms with Gasteiger partial charge < -0.3 is 9.88 Å². The average molecular weight is 240 g/mol. The monoisotopic (exact) mass is 239 g/mol. The molecule has 0 aliphatic carbocycles. The Morgan fingerprint density at radius 3 is 2.69 bits per heavy atom. The maximum Gasteiger partial charge on any atom is 0.128 e. The van der Waals surface area contributed by atoms with Crippen molar-refractivity contribution in [3.63, 3.8) is 0 Å². The third-order valence-corrected chi connectivity index (χ3v) is 2.83. The van der Waals surface area contributed by atoms with Gasteiger partial charge >= 0.3 is 0 Å². The molecular weight excluding hydrogens is 226 g/mol. The lowest BCUT2D eigenvalue weighted by molar-refractivity contribution is 0.756. The summed E-state index contributed by atoms with van der Waals surface area (Å²) in [7, 11) is 3.79. The van der Waals surface area contributed by atoms with E-state index in [0.29, 0.717) is 11.7 Å². The van der Waals surface area contributed by atoms with E-state index in [4.69, 9.17) is 11.6 Å². The van der Waals surface area contributed by atoms with Gasteiger partial charge in [-0.05, 0) is 6.92 Å². The SMILES string of the molecule is Cc1nn(C)cc1NCc1ncc(Cl)n1C. The van der Waals surface area contributed by atoms with Gasteiger partial charge in [0.1, 0.15) is 11.0 Å². The molecule has 0 unspecified atom stereocenters. The standard InChI is InChI=1S/C10H14ClN5/c1-7-8(6-15(2)14-7)12-5-10-13-4-9(11)16(10)3/h4,6,12H,5H2,1-3H3. The van der Waals surface area contributed by atoms with Crippen LogP contribution in [0.15, 0.2) is 12.4 Å². The number of halogens is 1. The number of anilines is 1. The second-order valence-electron chi connectivity index (χ2n) is 3.71. The van der Waals surface area contributed by atoms with Crippen LogP contribution in [0.2, 0.25) is 5.15 Å². The summed E-state index contributed by atoms with van der Waals surface area (Å²) in [4.78, 5) is 4.21. The van der Waals surface area contributed by atoms with Crippen molar-refractivity contribution < 1.29 is 0 Å². The first kappa shape index (κ1) is 11.0. The van der Waals surface area contributed by atoms with Crippen molar-refractivity contribution in [3.05, 3.63) is 29.1 Å². The Balaban J connectivity index is 2.08. The maximum absolute atomic E-state index is 5.90. The van der Waals surface area contributed by atoms with Crippen molar-refractivity contribution in [3.8, 4) is 0 Å². The molecule has 0 spiro atoms. The molecule has 0 aliphatic heterocycles. The van der Waals surface area contributed by atoms with Crippen LogP contribution < -0.4 is 5.32 Å². The van der Waals surface area contributed by atoms with E-state index in [0.717, 1.165) is 17.2 Å². The Labute approximate surface area is 99.0 Å². The summed E-state index contributed by atoms with van der Waals surface area (Å²) in [5.41, 5.74) is 1.99. The highest BCUT2D eigenvalue weighted by molar-refractivity contribution is 6.29. The molecule has 5 nitrogen and oxygen atoms in total. The Hall–Kier alpha value is -1.49. The van der Waals surface area contributed by atoms with E-state index in [1.54, 1.807) is 10.9 Å². The lowest BCUT2D eigenvalue weighted by Crippen LogP contribution is -2.06. The molecule has 0 saturated carbocycles. The molecule has 0 radical (unpaired) electrons. The topological polar surface area (TPSA) is 47.7 Å². The largest absolute Gasteiger partial charge is 0.375 e. The molecule has 2 rings (SSSR count). The number of aryl methyl sites for hydroxylation is 2. The Bertz CT molecular complexity index is 497. The summed E-state index contributed by atoms with van der Waals surface area (Å²) in [6.07, 6.45) is 3.59. The minimum atomic E-state index is 0.635. The average Bonchev–Trinajstić information content (AvgIpc) is 2.70. The number of imidazole rings is 1. The van der Waals surface area contributed by atoms with Crippen molar-refractivity contribution >= 4 is 17.3 Å². The minimum Gasteiger partial charge on any atom is -0.375 e. The Morgan fingerprint density at radius 2 is 2.19 bits per heavy atom. The predicted molar refractivity (Wildman–Crippen MR) is 63.5 cm³/mol. The predicted octanol–water partition coefficient (Wildman–Crippen LogP) is 1.73. The highest BCUT2D eigenvalue weighted by Gasteiger charge is 2.06. The third-order valence-electron chi connectivity index (χ3n) is 2.48. The van der Waals surface area contributed by atoms with E-state index < -0.39 is 0 Å². The van der Waals surface area contributed by atoms with Gasteiger partial charge in [0.25, 0.3) is 0 Å². The second-order valence-corrected chi connectivity index (χ2v) is 4.10. The third kappa shape index (κ3) is 2.04. The first-order valence-electron chi connectivity index (χ1n) is 4.98. The number of nitrogens with one attached hydrogen (secondary N) is 1. The molecule has 0 aliphatic rings. The maximum atomic E-state index is 5.90. The molecule has 2 heterocycles. The molecule has 2 aromatic heterocycles. The van der Waals surface area contributed by atoms with Crippen molar-refractivity contribution in [2.24, 2.45) is 14.1 Å². The highest BCUT2D eigenvalue weighted by Crippen LogP contribution is 2.14. The Morgan fingerprint density at radius 1 is 1.44 bits per heavy atom. The molecule has 0 amide bonds. The highest BCUT2D eigenvalue weighted by atomic mass is 35.5. The molecule has 86 valence electrons. The van der Waals surface area contributed by atoms with Crippen molar-refractivity contribution in [2.45, 2.75) is 13.5 Å². The van der Waals surface area contributed by atoms with Gasteiger partial charge in [-0.3, -0.25) is 4.68 Å². The zero-order valence-electron chi connectivity index (χ0n) is 9.53. The van der Waals surface area contributed by atoms with Gasteiger partial charge in [-0.25, -0.2) is 4.98 Å². The zero-order valence-corrected chi connectivity index (χ0v) is 10.3. The van der Waals surface area contributed by atoms with E-state index in [1.165, 1.54) is 0 Å². The van der Waals surface area contributed by atoms with Crippen LogP contribution in [0.3, 0.4) is 0 Å². The lowest BCUT2D eigenvalue weighted by Gasteiger charge is -2.05. The first-order valence-corrected chi connectivity index (χ1v) is 5.36. The van der Waals surface area contributed by atoms with Crippen LogP contribution in [0.25, 0.3) is 0 Å². The molecule has 0 bridgehead atoms. The number of aromatic nitrogens is 4.